The van der Waals surface area contributed by atoms with Crippen molar-refractivity contribution in [3.05, 3.63) is 36.1 Å². The molecule has 0 bridgehead atoms. The van der Waals surface area contributed by atoms with Crippen LogP contribution in [0.15, 0.2) is 36.1 Å². The van der Waals surface area contributed by atoms with Crippen molar-refractivity contribution in [3.8, 4) is 0 Å². The first-order chi connectivity index (χ1) is 11.3. The standard InChI is InChI=1S/C21H32O3/c1-14-5-8-18-20(3,11-9-19(23)21(18,4)13-22)17(14)7-6-16-10-12-24-15(16)2/h10,17-19,22-23H,1-2,5-9,11-13H2,3-4H3/t17-,18?,19-,20+,21+/m1/s1. The number of hydrogen-bond donors (Lipinski definition) is 2. The first-order valence-corrected chi connectivity index (χ1v) is 9.30. The van der Waals surface area contributed by atoms with Crippen molar-refractivity contribution in [2.24, 2.45) is 22.7 Å². The highest BCUT2D eigenvalue weighted by Gasteiger charge is 2.57. The van der Waals surface area contributed by atoms with Crippen molar-refractivity contribution in [1.29, 1.82) is 0 Å². The number of fused-ring (bicyclic) bond motifs is 1. The van der Waals surface area contributed by atoms with Crippen molar-refractivity contribution in [1.82, 2.24) is 0 Å². The number of allylic oxidation sites excluding steroid dienone is 2. The van der Waals surface area contributed by atoms with E-state index in [1.165, 1.54) is 11.1 Å². The summed E-state index contributed by atoms with van der Waals surface area (Å²) < 4.78 is 5.45. The van der Waals surface area contributed by atoms with E-state index < -0.39 is 11.5 Å². The van der Waals surface area contributed by atoms with Crippen LogP contribution in [0, 0.1) is 22.7 Å². The van der Waals surface area contributed by atoms with Crippen LogP contribution in [-0.4, -0.2) is 29.5 Å². The number of aliphatic hydroxyl groups excluding tert-OH is 2. The maximum atomic E-state index is 10.6. The van der Waals surface area contributed by atoms with Crippen LogP contribution in [0.2, 0.25) is 0 Å². The van der Waals surface area contributed by atoms with Gasteiger partial charge in [-0.1, -0.05) is 32.6 Å². The first kappa shape index (κ1) is 17.8. The zero-order chi connectivity index (χ0) is 17.5. The van der Waals surface area contributed by atoms with Crippen LogP contribution in [-0.2, 0) is 4.74 Å². The van der Waals surface area contributed by atoms with Gasteiger partial charge in [-0.05, 0) is 67.4 Å². The fourth-order valence-corrected chi connectivity index (χ4v) is 5.72. The van der Waals surface area contributed by atoms with E-state index in [2.05, 4.69) is 33.1 Å². The molecule has 134 valence electrons. The molecule has 0 saturated heterocycles. The molecule has 3 rings (SSSR count). The molecule has 0 aromatic heterocycles. The Morgan fingerprint density at radius 2 is 2.04 bits per heavy atom. The monoisotopic (exact) mass is 332 g/mol. The Labute approximate surface area is 146 Å². The van der Waals surface area contributed by atoms with Gasteiger partial charge in [0.15, 0.2) is 0 Å². The van der Waals surface area contributed by atoms with Gasteiger partial charge in [0.05, 0.1) is 12.7 Å². The van der Waals surface area contributed by atoms with Gasteiger partial charge in [-0.25, -0.2) is 0 Å². The zero-order valence-corrected chi connectivity index (χ0v) is 15.2. The van der Waals surface area contributed by atoms with Crippen LogP contribution in [0.5, 0.6) is 0 Å². The maximum Gasteiger partial charge on any atom is 0.115 e. The van der Waals surface area contributed by atoms with Gasteiger partial charge >= 0.3 is 0 Å². The van der Waals surface area contributed by atoms with E-state index in [1.807, 2.05) is 0 Å². The topological polar surface area (TPSA) is 49.7 Å². The van der Waals surface area contributed by atoms with Gasteiger partial charge < -0.3 is 14.9 Å². The molecule has 0 amide bonds. The van der Waals surface area contributed by atoms with E-state index in [0.717, 1.165) is 44.3 Å². The highest BCUT2D eigenvalue weighted by molar-refractivity contribution is 5.28. The quantitative estimate of drug-likeness (QED) is 0.766. The highest BCUT2D eigenvalue weighted by Crippen LogP contribution is 2.61. The molecule has 2 saturated carbocycles. The van der Waals surface area contributed by atoms with Gasteiger partial charge in [0.1, 0.15) is 12.4 Å². The van der Waals surface area contributed by atoms with Gasteiger partial charge in [0.25, 0.3) is 0 Å². The Kier molecular flexibility index (Phi) is 4.69. The Bertz CT molecular complexity index is 563. The van der Waals surface area contributed by atoms with Crippen LogP contribution in [0.1, 0.15) is 52.4 Å². The Morgan fingerprint density at radius 1 is 1.29 bits per heavy atom. The van der Waals surface area contributed by atoms with E-state index >= 15 is 0 Å². The summed E-state index contributed by atoms with van der Waals surface area (Å²) in [5.41, 5.74) is 2.28. The second-order valence-electron chi connectivity index (χ2n) is 8.53. The van der Waals surface area contributed by atoms with E-state index in [0.29, 0.717) is 18.4 Å². The van der Waals surface area contributed by atoms with E-state index in [1.54, 1.807) is 0 Å². The Morgan fingerprint density at radius 3 is 2.67 bits per heavy atom. The average molecular weight is 332 g/mol. The van der Waals surface area contributed by atoms with E-state index in [-0.39, 0.29) is 12.0 Å². The highest BCUT2D eigenvalue weighted by atomic mass is 16.5. The van der Waals surface area contributed by atoms with Gasteiger partial charge in [0, 0.05) is 5.41 Å². The summed E-state index contributed by atoms with van der Waals surface area (Å²) in [5.74, 6) is 1.59. The molecule has 3 heteroatoms. The molecule has 24 heavy (non-hydrogen) atoms. The minimum atomic E-state index is -0.404. The van der Waals surface area contributed by atoms with Gasteiger partial charge in [0.2, 0.25) is 0 Å². The van der Waals surface area contributed by atoms with Crippen LogP contribution in [0.4, 0.5) is 0 Å². The molecule has 1 unspecified atom stereocenters. The predicted molar refractivity (Wildman–Crippen MR) is 96.3 cm³/mol. The minimum absolute atomic E-state index is 0.0589. The number of hydrogen-bond acceptors (Lipinski definition) is 3. The molecule has 1 aliphatic heterocycles. The van der Waals surface area contributed by atoms with Gasteiger partial charge in [-0.2, -0.15) is 0 Å². The summed E-state index contributed by atoms with van der Waals surface area (Å²) in [6.45, 7) is 13.5. The van der Waals surface area contributed by atoms with Crippen LogP contribution in [0.25, 0.3) is 0 Å². The molecule has 2 fully saturated rings. The summed E-state index contributed by atoms with van der Waals surface area (Å²) in [7, 11) is 0. The number of aliphatic hydroxyl groups is 2. The van der Waals surface area contributed by atoms with Crippen LogP contribution in [0.3, 0.4) is 0 Å². The van der Waals surface area contributed by atoms with Crippen molar-refractivity contribution in [2.75, 3.05) is 13.2 Å². The predicted octanol–water partition coefficient (Wildman–Crippen LogP) is 3.98. The summed E-state index contributed by atoms with van der Waals surface area (Å²) in [5, 5.41) is 20.6. The third-order valence-electron chi connectivity index (χ3n) is 7.34. The lowest BCUT2D eigenvalue weighted by Crippen LogP contribution is -2.57. The molecule has 0 radical (unpaired) electrons. The Hall–Kier alpha value is -1.06. The van der Waals surface area contributed by atoms with E-state index in [9.17, 15) is 10.2 Å². The van der Waals surface area contributed by atoms with E-state index in [4.69, 9.17) is 4.74 Å². The van der Waals surface area contributed by atoms with Crippen molar-refractivity contribution in [3.63, 3.8) is 0 Å². The molecule has 0 spiro atoms. The van der Waals surface area contributed by atoms with Gasteiger partial charge in [-0.3, -0.25) is 0 Å². The normalized spacial score (nSPS) is 42.5. The molecule has 5 atom stereocenters. The van der Waals surface area contributed by atoms with Crippen LogP contribution >= 0.6 is 0 Å². The molecule has 3 nitrogen and oxygen atoms in total. The molecule has 1 heterocycles. The number of rotatable bonds is 4. The molecule has 3 aliphatic rings. The summed E-state index contributed by atoms with van der Waals surface area (Å²) in [4.78, 5) is 0. The Balaban J connectivity index is 1.83. The molecule has 2 aliphatic carbocycles. The molecular weight excluding hydrogens is 300 g/mol. The lowest BCUT2D eigenvalue weighted by atomic mass is 9.46. The van der Waals surface area contributed by atoms with Crippen molar-refractivity contribution >= 4 is 0 Å². The fourth-order valence-electron chi connectivity index (χ4n) is 5.72. The fraction of sp³-hybridized carbons (Fsp3) is 0.714. The molecular formula is C21H32O3. The lowest BCUT2D eigenvalue weighted by molar-refractivity contribution is -0.152. The number of ether oxygens (including phenoxy) is 1. The first-order valence-electron chi connectivity index (χ1n) is 9.30. The lowest BCUT2D eigenvalue weighted by Gasteiger charge is -2.60. The summed E-state index contributed by atoms with van der Waals surface area (Å²) in [6.07, 6.45) is 7.57. The van der Waals surface area contributed by atoms with Crippen molar-refractivity contribution < 1.29 is 14.9 Å². The third kappa shape index (κ3) is 2.66. The largest absolute Gasteiger partial charge is 0.490 e. The SMILES string of the molecule is C=C1OCC=C1CC[C@@H]1C(=C)CCC2[C@](C)(CO)[C@H](O)CC[C@]21C. The second kappa shape index (κ2) is 6.34. The smallest absolute Gasteiger partial charge is 0.115 e. The second-order valence-corrected chi connectivity index (χ2v) is 8.53. The zero-order valence-electron chi connectivity index (χ0n) is 15.2. The summed E-state index contributed by atoms with van der Waals surface area (Å²) >= 11 is 0. The third-order valence-corrected chi connectivity index (χ3v) is 7.34. The van der Waals surface area contributed by atoms with Crippen molar-refractivity contribution in [2.45, 2.75) is 58.5 Å². The summed E-state index contributed by atoms with van der Waals surface area (Å²) in [6, 6.07) is 0. The minimum Gasteiger partial charge on any atom is -0.490 e. The maximum absolute atomic E-state index is 10.6. The van der Waals surface area contributed by atoms with Crippen LogP contribution < -0.4 is 0 Å². The molecule has 2 N–H and O–H groups in total. The average Bonchev–Trinajstić information content (AvgIpc) is 2.96. The molecule has 0 aromatic rings. The van der Waals surface area contributed by atoms with Gasteiger partial charge in [-0.15, -0.1) is 0 Å². The molecule has 0 aromatic carbocycles.